The van der Waals surface area contributed by atoms with Crippen molar-refractivity contribution in [1.29, 1.82) is 0 Å². The average molecular weight is 390 g/mol. The molecule has 0 spiro atoms. The third kappa shape index (κ3) is 5.13. The van der Waals surface area contributed by atoms with E-state index in [0.29, 0.717) is 11.4 Å². The van der Waals surface area contributed by atoms with Crippen LogP contribution in [0.2, 0.25) is 0 Å². The number of halogens is 1. The van der Waals surface area contributed by atoms with E-state index in [1.54, 1.807) is 31.2 Å². The number of benzene rings is 2. The molecule has 4 N–H and O–H groups in total. The van der Waals surface area contributed by atoms with Crippen LogP contribution in [0.3, 0.4) is 0 Å². The largest absolute Gasteiger partial charge is 0.507 e. The highest BCUT2D eigenvalue weighted by Gasteiger charge is 2.09. The molecular formula is C17H16BrN3O3. The van der Waals surface area contributed by atoms with Gasteiger partial charge in [-0.3, -0.25) is 15.0 Å². The van der Waals surface area contributed by atoms with Crippen LogP contribution in [0.4, 0.5) is 5.69 Å². The van der Waals surface area contributed by atoms with Crippen molar-refractivity contribution in [3.63, 3.8) is 0 Å². The van der Waals surface area contributed by atoms with Gasteiger partial charge in [0, 0.05) is 21.9 Å². The highest BCUT2D eigenvalue weighted by molar-refractivity contribution is 9.10. The summed E-state index contributed by atoms with van der Waals surface area (Å²) in [5, 5.41) is 12.3. The van der Waals surface area contributed by atoms with Gasteiger partial charge in [-0.2, -0.15) is 0 Å². The van der Waals surface area contributed by atoms with Gasteiger partial charge < -0.3 is 15.8 Å². The molecule has 124 valence electrons. The van der Waals surface area contributed by atoms with Gasteiger partial charge in [-0.1, -0.05) is 28.1 Å². The van der Waals surface area contributed by atoms with Gasteiger partial charge in [0.25, 0.3) is 5.91 Å². The van der Waals surface area contributed by atoms with Gasteiger partial charge >= 0.3 is 0 Å². The number of nitrogens with one attached hydrogen (secondary N) is 3. The van der Waals surface area contributed by atoms with Crippen LogP contribution in [0, 0.1) is 0 Å². The number of phenolic OH excluding ortho intramolecular Hbond substituents is 1. The zero-order chi connectivity index (χ0) is 17.5. The molecule has 6 nitrogen and oxygen atoms in total. The van der Waals surface area contributed by atoms with E-state index in [2.05, 4.69) is 32.1 Å². The first-order chi connectivity index (χ1) is 11.5. The fourth-order valence-electron chi connectivity index (χ4n) is 1.83. The molecule has 7 heteroatoms. The predicted octanol–water partition coefficient (Wildman–Crippen LogP) is 2.93. The van der Waals surface area contributed by atoms with Crippen molar-refractivity contribution in [3.05, 3.63) is 70.3 Å². The van der Waals surface area contributed by atoms with Crippen LogP contribution in [0.15, 0.2) is 64.8 Å². The predicted molar refractivity (Wildman–Crippen MR) is 95.2 cm³/mol. The normalized spacial score (nSPS) is 10.8. The quantitative estimate of drug-likeness (QED) is 0.467. The van der Waals surface area contributed by atoms with Gasteiger partial charge in [-0.05, 0) is 43.3 Å². The summed E-state index contributed by atoms with van der Waals surface area (Å²) in [6, 6.07) is 13.3. The summed E-state index contributed by atoms with van der Waals surface area (Å²) < 4.78 is 0.917. The number of hydrogen-bond donors (Lipinski definition) is 4. The Morgan fingerprint density at radius 3 is 2.38 bits per heavy atom. The maximum atomic E-state index is 11.9. The number of para-hydroxylation sites is 1. The minimum Gasteiger partial charge on any atom is -0.507 e. The summed E-state index contributed by atoms with van der Waals surface area (Å²) in [4.78, 5) is 23.8. The maximum Gasteiger partial charge on any atom is 0.273 e. The van der Waals surface area contributed by atoms with Gasteiger partial charge in [0.15, 0.2) is 0 Å². The van der Waals surface area contributed by atoms with Crippen molar-refractivity contribution < 1.29 is 14.7 Å². The molecule has 0 heterocycles. The lowest BCUT2D eigenvalue weighted by molar-refractivity contribution is -0.112. The number of anilines is 1. The molecule has 0 aliphatic heterocycles. The minimum atomic E-state index is -0.505. The van der Waals surface area contributed by atoms with Crippen LogP contribution in [-0.4, -0.2) is 16.9 Å². The van der Waals surface area contributed by atoms with E-state index in [-0.39, 0.29) is 17.2 Å². The molecule has 0 atom stereocenters. The number of phenols is 1. The van der Waals surface area contributed by atoms with Crippen LogP contribution in [-0.2, 0) is 4.79 Å². The lowest BCUT2D eigenvalue weighted by Gasteiger charge is -2.10. The topological polar surface area (TPSA) is 90.5 Å². The van der Waals surface area contributed by atoms with E-state index in [4.69, 9.17) is 0 Å². The third-order valence-corrected chi connectivity index (χ3v) is 3.51. The molecule has 0 saturated heterocycles. The number of carbonyl (C=O) groups is 2. The second-order valence-corrected chi connectivity index (χ2v) is 5.84. The molecule has 2 amide bonds. The number of hydrazine groups is 1. The molecule has 2 aromatic rings. The molecule has 0 unspecified atom stereocenters. The molecule has 0 aliphatic rings. The molecule has 2 aromatic carbocycles. The number of amides is 2. The van der Waals surface area contributed by atoms with Crippen molar-refractivity contribution >= 4 is 33.4 Å². The van der Waals surface area contributed by atoms with Crippen LogP contribution in [0.5, 0.6) is 5.75 Å². The van der Waals surface area contributed by atoms with Crippen LogP contribution in [0.1, 0.15) is 17.3 Å². The van der Waals surface area contributed by atoms with Crippen molar-refractivity contribution in [1.82, 2.24) is 10.9 Å². The van der Waals surface area contributed by atoms with Gasteiger partial charge in [0.05, 0.1) is 5.56 Å². The van der Waals surface area contributed by atoms with E-state index < -0.39 is 5.91 Å². The first kappa shape index (κ1) is 17.6. The Bertz CT molecular complexity index is 773. The second-order valence-electron chi connectivity index (χ2n) is 4.92. The Balaban J connectivity index is 1.89. The molecule has 0 radical (unpaired) electrons. The number of rotatable bonds is 5. The molecule has 0 bridgehead atoms. The number of carbonyl (C=O) groups excluding carboxylic acids is 2. The van der Waals surface area contributed by atoms with Crippen LogP contribution >= 0.6 is 15.9 Å². The molecule has 2 rings (SSSR count). The van der Waals surface area contributed by atoms with E-state index in [0.717, 1.165) is 4.47 Å². The summed E-state index contributed by atoms with van der Waals surface area (Å²) in [6.45, 7) is 1.63. The Morgan fingerprint density at radius 1 is 1.04 bits per heavy atom. The van der Waals surface area contributed by atoms with E-state index in [9.17, 15) is 14.7 Å². The molecule has 0 aromatic heterocycles. The summed E-state index contributed by atoms with van der Waals surface area (Å²) in [5.74, 6) is -0.959. The Hall–Kier alpha value is -2.80. The van der Waals surface area contributed by atoms with E-state index in [1.807, 2.05) is 12.1 Å². The minimum absolute atomic E-state index is 0.119. The van der Waals surface area contributed by atoms with E-state index >= 15 is 0 Å². The first-order valence-electron chi connectivity index (χ1n) is 7.05. The van der Waals surface area contributed by atoms with Crippen molar-refractivity contribution in [2.45, 2.75) is 6.92 Å². The average Bonchev–Trinajstić information content (AvgIpc) is 2.55. The summed E-state index contributed by atoms with van der Waals surface area (Å²) in [7, 11) is 0. The number of aromatic hydroxyl groups is 1. The maximum absolute atomic E-state index is 11.9. The van der Waals surface area contributed by atoms with Crippen molar-refractivity contribution in [3.8, 4) is 5.75 Å². The standard InChI is InChI=1S/C17H16BrN3O3/c1-11(10-16(23)19-13-8-6-12(18)7-9-13)20-21-17(24)14-4-2-3-5-15(14)22/h2-10,20,22H,1H3,(H,19,23)(H,21,24). The number of hydrogen-bond acceptors (Lipinski definition) is 4. The van der Waals surface area contributed by atoms with Gasteiger partial charge in [0.2, 0.25) is 5.91 Å². The monoisotopic (exact) mass is 389 g/mol. The van der Waals surface area contributed by atoms with Gasteiger partial charge in [-0.25, -0.2) is 0 Å². The zero-order valence-electron chi connectivity index (χ0n) is 12.8. The lowest BCUT2D eigenvalue weighted by atomic mass is 10.2. The Labute approximate surface area is 147 Å². The number of allylic oxidation sites excluding steroid dienone is 1. The summed E-state index contributed by atoms with van der Waals surface area (Å²) >= 11 is 3.32. The van der Waals surface area contributed by atoms with Crippen molar-refractivity contribution in [2.24, 2.45) is 0 Å². The third-order valence-electron chi connectivity index (χ3n) is 2.98. The van der Waals surface area contributed by atoms with Crippen molar-refractivity contribution in [2.75, 3.05) is 5.32 Å². The fourth-order valence-corrected chi connectivity index (χ4v) is 2.10. The first-order valence-corrected chi connectivity index (χ1v) is 7.84. The van der Waals surface area contributed by atoms with Gasteiger partial charge in [0.1, 0.15) is 5.75 Å². The highest BCUT2D eigenvalue weighted by atomic mass is 79.9. The lowest BCUT2D eigenvalue weighted by Crippen LogP contribution is -2.36. The van der Waals surface area contributed by atoms with Gasteiger partial charge in [-0.15, -0.1) is 0 Å². The SMILES string of the molecule is CC(=CC(=O)Nc1ccc(Br)cc1)NNC(=O)c1ccccc1O. The van der Waals surface area contributed by atoms with Crippen LogP contribution in [0.25, 0.3) is 0 Å². The Morgan fingerprint density at radius 2 is 1.71 bits per heavy atom. The van der Waals surface area contributed by atoms with Crippen LogP contribution < -0.4 is 16.2 Å². The molecule has 24 heavy (non-hydrogen) atoms. The second kappa shape index (κ2) is 8.16. The highest BCUT2D eigenvalue weighted by Crippen LogP contribution is 2.15. The molecule has 0 saturated carbocycles. The molecular weight excluding hydrogens is 374 g/mol. The smallest absolute Gasteiger partial charge is 0.273 e. The Kier molecular flexibility index (Phi) is 5.97. The van der Waals surface area contributed by atoms with E-state index in [1.165, 1.54) is 18.2 Å². The zero-order valence-corrected chi connectivity index (χ0v) is 14.4. The summed E-state index contributed by atoms with van der Waals surface area (Å²) in [5.41, 5.74) is 6.26. The molecule has 0 fully saturated rings. The molecule has 0 aliphatic carbocycles. The fraction of sp³-hybridized carbons (Fsp3) is 0.0588. The summed E-state index contributed by atoms with van der Waals surface area (Å²) in [6.07, 6.45) is 1.31.